The second-order valence-electron chi connectivity index (χ2n) is 9.46. The maximum absolute atomic E-state index is 6.21. The lowest BCUT2D eigenvalue weighted by Gasteiger charge is -2.29. The lowest BCUT2D eigenvalue weighted by molar-refractivity contribution is 0.210. The third kappa shape index (κ3) is 4.24. The largest absolute Gasteiger partial charge is 0.490 e. The average molecular weight is 496 g/mol. The first-order valence-corrected chi connectivity index (χ1v) is 13.0. The molecule has 4 aromatic rings. The standard InChI is InChI=1S/C29H29N5OS/c1-20-11-16-26(33(20)22-7-6-17-30-19-22)28-27(25-10-4-5-18-31-25)32-29(36)34(28)21-12-14-24(15-13-21)35-23-8-2-3-9-23/h4-7,10-19,23,27-28H,2-3,8-9H2,1H3,(H,32,36). The molecule has 2 atom stereocenters. The second kappa shape index (κ2) is 9.74. The van der Waals surface area contributed by atoms with Crippen LogP contribution in [0.15, 0.2) is 85.3 Å². The van der Waals surface area contributed by atoms with Gasteiger partial charge in [-0.3, -0.25) is 9.97 Å². The van der Waals surface area contributed by atoms with Gasteiger partial charge in [0.1, 0.15) is 11.8 Å². The monoisotopic (exact) mass is 495 g/mol. The van der Waals surface area contributed by atoms with Gasteiger partial charge in [0.2, 0.25) is 0 Å². The van der Waals surface area contributed by atoms with Crippen LogP contribution >= 0.6 is 12.2 Å². The molecule has 4 heterocycles. The first-order valence-electron chi connectivity index (χ1n) is 12.5. The molecule has 0 bridgehead atoms. The van der Waals surface area contributed by atoms with Gasteiger partial charge in [-0.25, -0.2) is 0 Å². The van der Waals surface area contributed by atoms with Crippen molar-refractivity contribution < 1.29 is 4.74 Å². The van der Waals surface area contributed by atoms with E-state index >= 15 is 0 Å². The van der Waals surface area contributed by atoms with Crippen LogP contribution in [-0.2, 0) is 0 Å². The summed E-state index contributed by atoms with van der Waals surface area (Å²) in [4.78, 5) is 11.3. The van der Waals surface area contributed by atoms with E-state index in [1.165, 1.54) is 12.8 Å². The Bertz CT molecular complexity index is 1330. The molecule has 1 aliphatic carbocycles. The molecule has 0 amide bonds. The minimum Gasteiger partial charge on any atom is -0.490 e. The Balaban J connectivity index is 1.41. The molecule has 3 aromatic heterocycles. The van der Waals surface area contributed by atoms with Gasteiger partial charge in [0, 0.05) is 29.5 Å². The highest BCUT2D eigenvalue weighted by Crippen LogP contribution is 2.43. The van der Waals surface area contributed by atoms with Crippen LogP contribution in [0.5, 0.6) is 5.75 Å². The van der Waals surface area contributed by atoms with Gasteiger partial charge < -0.3 is 19.5 Å². The fourth-order valence-corrected chi connectivity index (χ4v) is 5.79. The Labute approximate surface area is 217 Å². The molecule has 1 aliphatic heterocycles. The van der Waals surface area contributed by atoms with Crippen molar-refractivity contribution in [1.82, 2.24) is 19.9 Å². The molecule has 1 N–H and O–H groups in total. The number of pyridine rings is 2. The van der Waals surface area contributed by atoms with E-state index in [0.29, 0.717) is 11.2 Å². The number of aryl methyl sites for hydroxylation is 1. The maximum atomic E-state index is 6.21. The van der Waals surface area contributed by atoms with Crippen LogP contribution in [0, 0.1) is 6.92 Å². The van der Waals surface area contributed by atoms with Crippen molar-refractivity contribution in [1.29, 1.82) is 0 Å². The van der Waals surface area contributed by atoms with Gasteiger partial charge in [-0.1, -0.05) is 6.07 Å². The van der Waals surface area contributed by atoms with E-state index in [0.717, 1.165) is 47.0 Å². The van der Waals surface area contributed by atoms with Gasteiger partial charge in [0.15, 0.2) is 5.11 Å². The number of nitrogens with zero attached hydrogens (tertiary/aromatic N) is 4. The predicted molar refractivity (Wildman–Crippen MR) is 146 cm³/mol. The molecule has 6 rings (SSSR count). The summed E-state index contributed by atoms with van der Waals surface area (Å²) in [5.41, 5.74) is 5.25. The van der Waals surface area contributed by atoms with E-state index < -0.39 is 0 Å². The molecule has 1 aromatic carbocycles. The van der Waals surface area contributed by atoms with Crippen LogP contribution < -0.4 is 15.0 Å². The summed E-state index contributed by atoms with van der Waals surface area (Å²) in [5, 5.41) is 4.24. The van der Waals surface area contributed by atoms with Crippen LogP contribution in [0.4, 0.5) is 5.69 Å². The molecule has 2 unspecified atom stereocenters. The van der Waals surface area contributed by atoms with Gasteiger partial charge in [0.05, 0.1) is 29.7 Å². The number of nitrogens with one attached hydrogen (secondary N) is 1. The minimum absolute atomic E-state index is 0.108. The van der Waals surface area contributed by atoms with Crippen molar-refractivity contribution in [3.05, 3.63) is 102 Å². The highest BCUT2D eigenvalue weighted by molar-refractivity contribution is 7.80. The SMILES string of the molecule is Cc1ccc(C2C(c3ccccn3)NC(=S)N2c2ccc(OC3CCCC3)cc2)n1-c1cccnc1. The molecular formula is C29H29N5OS. The van der Waals surface area contributed by atoms with Crippen LogP contribution in [0.2, 0.25) is 0 Å². The smallest absolute Gasteiger partial charge is 0.174 e. The van der Waals surface area contributed by atoms with Crippen molar-refractivity contribution >= 4 is 23.0 Å². The summed E-state index contributed by atoms with van der Waals surface area (Å²) in [7, 11) is 0. The number of anilines is 1. The van der Waals surface area contributed by atoms with E-state index in [2.05, 4.69) is 80.2 Å². The lowest BCUT2D eigenvalue weighted by atomic mass is 10.0. The van der Waals surface area contributed by atoms with E-state index in [1.807, 2.05) is 30.6 Å². The lowest BCUT2D eigenvalue weighted by Crippen LogP contribution is -2.30. The Kier molecular flexibility index (Phi) is 6.15. The summed E-state index contributed by atoms with van der Waals surface area (Å²) in [6.45, 7) is 2.12. The molecule has 1 saturated carbocycles. The van der Waals surface area contributed by atoms with Crippen molar-refractivity contribution in [3.8, 4) is 11.4 Å². The molecule has 0 radical (unpaired) electrons. The summed E-state index contributed by atoms with van der Waals surface area (Å²) in [6, 6.07) is 22.5. The Morgan fingerprint density at radius 2 is 1.75 bits per heavy atom. The summed E-state index contributed by atoms with van der Waals surface area (Å²) < 4.78 is 8.47. The molecule has 1 saturated heterocycles. The average Bonchev–Trinajstić information content (AvgIpc) is 3.64. The Morgan fingerprint density at radius 3 is 2.47 bits per heavy atom. The van der Waals surface area contributed by atoms with Crippen molar-refractivity contribution in [3.63, 3.8) is 0 Å². The van der Waals surface area contributed by atoms with E-state index in [4.69, 9.17) is 17.0 Å². The second-order valence-corrected chi connectivity index (χ2v) is 9.85. The van der Waals surface area contributed by atoms with Gasteiger partial charge >= 0.3 is 0 Å². The minimum atomic E-state index is -0.113. The predicted octanol–water partition coefficient (Wildman–Crippen LogP) is 6.07. The third-order valence-corrected chi connectivity index (χ3v) is 7.45. The quantitative estimate of drug-likeness (QED) is 0.328. The number of ether oxygens (including phenoxy) is 1. The van der Waals surface area contributed by atoms with Crippen molar-refractivity contribution in [2.75, 3.05) is 4.90 Å². The fourth-order valence-electron chi connectivity index (χ4n) is 5.45. The molecular weight excluding hydrogens is 466 g/mol. The molecule has 6 nitrogen and oxygen atoms in total. The number of aromatic nitrogens is 3. The fraction of sp³-hybridized carbons (Fsp3) is 0.276. The van der Waals surface area contributed by atoms with Crippen molar-refractivity contribution in [2.45, 2.75) is 50.8 Å². The Morgan fingerprint density at radius 1 is 0.917 bits per heavy atom. The maximum Gasteiger partial charge on any atom is 0.174 e. The molecule has 182 valence electrons. The van der Waals surface area contributed by atoms with Crippen LogP contribution in [-0.4, -0.2) is 25.8 Å². The van der Waals surface area contributed by atoms with Gasteiger partial charge in [-0.15, -0.1) is 0 Å². The van der Waals surface area contributed by atoms with E-state index in [9.17, 15) is 0 Å². The normalized spacial score (nSPS) is 20.0. The van der Waals surface area contributed by atoms with Crippen LogP contribution in [0.25, 0.3) is 5.69 Å². The van der Waals surface area contributed by atoms with Gasteiger partial charge in [-0.2, -0.15) is 0 Å². The summed E-state index contributed by atoms with van der Waals surface area (Å²) in [5.74, 6) is 0.913. The first-order chi connectivity index (χ1) is 17.7. The zero-order valence-electron chi connectivity index (χ0n) is 20.2. The topological polar surface area (TPSA) is 55.2 Å². The molecule has 2 aliphatic rings. The highest BCUT2D eigenvalue weighted by Gasteiger charge is 2.42. The van der Waals surface area contributed by atoms with Gasteiger partial charge in [0.25, 0.3) is 0 Å². The third-order valence-electron chi connectivity index (χ3n) is 7.13. The number of hydrogen-bond donors (Lipinski definition) is 1. The van der Waals surface area contributed by atoms with Crippen LogP contribution in [0.3, 0.4) is 0 Å². The van der Waals surface area contributed by atoms with E-state index in [-0.39, 0.29) is 12.1 Å². The summed E-state index contributed by atoms with van der Waals surface area (Å²) in [6.07, 6.45) is 10.6. The molecule has 2 fully saturated rings. The molecule has 7 heteroatoms. The molecule has 0 spiro atoms. The highest BCUT2D eigenvalue weighted by atomic mass is 32.1. The van der Waals surface area contributed by atoms with E-state index in [1.54, 1.807) is 6.20 Å². The zero-order chi connectivity index (χ0) is 24.5. The summed E-state index contributed by atoms with van der Waals surface area (Å²) >= 11 is 5.93. The van der Waals surface area contributed by atoms with Crippen molar-refractivity contribution in [2.24, 2.45) is 0 Å². The number of thiocarbonyl (C=S) groups is 1. The number of hydrogen-bond acceptors (Lipinski definition) is 4. The Hall–Kier alpha value is -3.71. The zero-order valence-corrected chi connectivity index (χ0v) is 21.1. The first kappa shape index (κ1) is 22.7. The number of benzene rings is 1. The van der Waals surface area contributed by atoms with Gasteiger partial charge in [-0.05, 0) is 105 Å². The molecule has 36 heavy (non-hydrogen) atoms. The number of rotatable bonds is 6. The van der Waals surface area contributed by atoms with Crippen LogP contribution in [0.1, 0.15) is 54.8 Å².